The molecule has 0 aliphatic heterocycles. The van der Waals surface area contributed by atoms with Gasteiger partial charge in [0.2, 0.25) is 0 Å². The van der Waals surface area contributed by atoms with Gasteiger partial charge in [0.15, 0.2) is 0 Å². The van der Waals surface area contributed by atoms with Gasteiger partial charge in [0.05, 0.1) is 17.8 Å². The van der Waals surface area contributed by atoms with E-state index in [0.717, 1.165) is 36.4 Å². The van der Waals surface area contributed by atoms with Crippen LogP contribution < -0.4 is 0 Å². The van der Waals surface area contributed by atoms with Gasteiger partial charge in [-0.3, -0.25) is 4.79 Å². The maximum Gasteiger partial charge on any atom is 0.317 e. The number of nitrogens with zero attached hydrogens (tertiary/aromatic N) is 1. The molecule has 4 heteroatoms. The maximum absolute atomic E-state index is 12.0. The van der Waals surface area contributed by atoms with E-state index in [9.17, 15) is 4.79 Å². The Morgan fingerprint density at radius 3 is 2.62 bits per heavy atom. The van der Waals surface area contributed by atoms with Crippen molar-refractivity contribution >= 4 is 17.3 Å². The highest BCUT2D eigenvalue weighted by Crippen LogP contribution is 2.40. The summed E-state index contributed by atoms with van der Waals surface area (Å²) in [5, 5.41) is 3.03. The minimum absolute atomic E-state index is 0.113. The number of hydrogen-bond donors (Lipinski definition) is 0. The van der Waals surface area contributed by atoms with Crippen LogP contribution >= 0.6 is 11.3 Å². The number of carbonyl (C=O) groups excluding carboxylic acids is 1. The second-order valence-electron chi connectivity index (χ2n) is 4.39. The Kier molecular flexibility index (Phi) is 3.28. The molecule has 3 nitrogen and oxygen atoms in total. The van der Waals surface area contributed by atoms with Crippen LogP contribution in [0.4, 0.5) is 0 Å². The van der Waals surface area contributed by atoms with Crippen LogP contribution in [-0.4, -0.2) is 18.1 Å². The van der Waals surface area contributed by atoms with Crippen LogP contribution in [0.25, 0.3) is 0 Å². The Balaban J connectivity index is 2.37. The Hall–Kier alpha value is -0.900. The van der Waals surface area contributed by atoms with E-state index in [2.05, 4.69) is 4.98 Å². The largest absolute Gasteiger partial charge is 0.468 e. The molecule has 1 aliphatic rings. The zero-order valence-electron chi connectivity index (χ0n) is 9.78. The van der Waals surface area contributed by atoms with E-state index >= 15 is 0 Å². The first-order valence-electron chi connectivity index (χ1n) is 5.70. The molecule has 0 unspecified atom stereocenters. The summed E-state index contributed by atoms with van der Waals surface area (Å²) in [5.41, 5.74) is 0.458. The summed E-state index contributed by atoms with van der Waals surface area (Å²) in [4.78, 5) is 16.5. The fourth-order valence-corrected chi connectivity index (χ4v) is 3.21. The maximum atomic E-state index is 12.0. The van der Waals surface area contributed by atoms with E-state index in [-0.39, 0.29) is 5.97 Å². The van der Waals surface area contributed by atoms with Gasteiger partial charge in [-0.1, -0.05) is 19.3 Å². The molecule has 0 saturated heterocycles. The van der Waals surface area contributed by atoms with E-state index in [4.69, 9.17) is 4.74 Å². The zero-order chi connectivity index (χ0) is 11.6. The first kappa shape index (κ1) is 11.6. The fraction of sp³-hybridized carbons (Fsp3) is 0.667. The summed E-state index contributed by atoms with van der Waals surface area (Å²) in [7, 11) is 1.47. The molecular formula is C12H17NO2S. The summed E-state index contributed by atoms with van der Waals surface area (Å²) in [5.74, 6) is -0.113. The molecule has 0 amide bonds. The first-order chi connectivity index (χ1) is 7.69. The van der Waals surface area contributed by atoms with Crippen LogP contribution in [0.3, 0.4) is 0 Å². The number of aromatic nitrogens is 1. The Morgan fingerprint density at radius 1 is 1.44 bits per heavy atom. The van der Waals surface area contributed by atoms with Gasteiger partial charge < -0.3 is 4.74 Å². The molecule has 1 aliphatic carbocycles. The highest BCUT2D eigenvalue weighted by molar-refractivity contribution is 7.09. The van der Waals surface area contributed by atoms with Gasteiger partial charge >= 0.3 is 5.97 Å². The lowest BCUT2D eigenvalue weighted by Gasteiger charge is -2.32. The standard InChI is InChI=1S/C12H17NO2S/c1-9-13-10(8-16-9)12(11(14)15-2)6-4-3-5-7-12/h8H,3-7H2,1-2H3. The highest BCUT2D eigenvalue weighted by Gasteiger charge is 2.44. The minimum atomic E-state index is -0.461. The van der Waals surface area contributed by atoms with E-state index < -0.39 is 5.41 Å². The summed E-state index contributed by atoms with van der Waals surface area (Å²) in [6, 6.07) is 0. The van der Waals surface area contributed by atoms with Crippen molar-refractivity contribution in [1.82, 2.24) is 4.98 Å². The molecule has 88 valence electrons. The molecular weight excluding hydrogens is 222 g/mol. The zero-order valence-corrected chi connectivity index (χ0v) is 10.6. The van der Waals surface area contributed by atoms with Crippen LogP contribution in [0, 0.1) is 6.92 Å². The third-order valence-corrected chi connectivity index (χ3v) is 4.17. The highest BCUT2D eigenvalue weighted by atomic mass is 32.1. The molecule has 0 N–H and O–H groups in total. The van der Waals surface area contributed by atoms with Gasteiger partial charge in [0, 0.05) is 5.38 Å². The van der Waals surface area contributed by atoms with Crippen molar-refractivity contribution in [3.63, 3.8) is 0 Å². The number of aryl methyl sites for hydroxylation is 1. The molecule has 1 aromatic heterocycles. The van der Waals surface area contributed by atoms with Crippen LogP contribution in [-0.2, 0) is 14.9 Å². The van der Waals surface area contributed by atoms with Crippen LogP contribution in [0.15, 0.2) is 5.38 Å². The molecule has 1 heterocycles. The third kappa shape index (κ3) is 1.86. The molecule has 0 spiro atoms. The van der Waals surface area contributed by atoms with E-state index in [0.29, 0.717) is 0 Å². The SMILES string of the molecule is COC(=O)C1(c2csc(C)n2)CCCCC1. The van der Waals surface area contributed by atoms with E-state index in [1.807, 2.05) is 12.3 Å². The number of hydrogen-bond acceptors (Lipinski definition) is 4. The molecule has 0 aromatic carbocycles. The quantitative estimate of drug-likeness (QED) is 0.745. The monoisotopic (exact) mass is 239 g/mol. The number of ether oxygens (including phenoxy) is 1. The number of methoxy groups -OCH3 is 1. The lowest BCUT2D eigenvalue weighted by molar-refractivity contribution is -0.149. The predicted octanol–water partition coefficient (Wildman–Crippen LogP) is 2.83. The van der Waals surface area contributed by atoms with Crippen LogP contribution in [0.5, 0.6) is 0 Å². The van der Waals surface area contributed by atoms with Crippen LogP contribution in [0.1, 0.15) is 42.8 Å². The molecule has 0 atom stereocenters. The molecule has 2 rings (SSSR count). The van der Waals surface area contributed by atoms with Gasteiger partial charge in [-0.2, -0.15) is 0 Å². The average molecular weight is 239 g/mol. The number of rotatable bonds is 2. The number of thiazole rings is 1. The van der Waals surface area contributed by atoms with E-state index in [1.165, 1.54) is 13.5 Å². The fourth-order valence-electron chi connectivity index (χ4n) is 2.50. The molecule has 0 bridgehead atoms. The first-order valence-corrected chi connectivity index (χ1v) is 6.58. The second-order valence-corrected chi connectivity index (χ2v) is 5.45. The van der Waals surface area contributed by atoms with Crippen molar-refractivity contribution < 1.29 is 9.53 Å². The Bertz CT molecular complexity index is 380. The number of carbonyl (C=O) groups is 1. The van der Waals surface area contributed by atoms with Crippen molar-refractivity contribution in [3.05, 3.63) is 16.1 Å². The Labute approximate surface area is 99.8 Å². The summed E-state index contributed by atoms with van der Waals surface area (Å²) < 4.78 is 4.98. The number of esters is 1. The van der Waals surface area contributed by atoms with E-state index in [1.54, 1.807) is 11.3 Å². The molecule has 16 heavy (non-hydrogen) atoms. The second kappa shape index (κ2) is 4.53. The minimum Gasteiger partial charge on any atom is -0.468 e. The van der Waals surface area contributed by atoms with Crippen molar-refractivity contribution in [2.45, 2.75) is 44.4 Å². The molecule has 1 fully saturated rings. The summed E-state index contributed by atoms with van der Waals surface area (Å²) in [6.07, 6.45) is 5.14. The van der Waals surface area contributed by atoms with Gasteiger partial charge in [-0.15, -0.1) is 11.3 Å². The van der Waals surface area contributed by atoms with Crippen molar-refractivity contribution in [1.29, 1.82) is 0 Å². The van der Waals surface area contributed by atoms with Gasteiger partial charge in [-0.05, 0) is 19.8 Å². The van der Waals surface area contributed by atoms with Gasteiger partial charge in [-0.25, -0.2) is 4.98 Å². The molecule has 1 aromatic rings. The Morgan fingerprint density at radius 2 is 2.12 bits per heavy atom. The topological polar surface area (TPSA) is 39.2 Å². The third-order valence-electron chi connectivity index (χ3n) is 3.39. The summed E-state index contributed by atoms with van der Waals surface area (Å²) >= 11 is 1.61. The summed E-state index contributed by atoms with van der Waals surface area (Å²) in [6.45, 7) is 1.97. The molecule has 0 radical (unpaired) electrons. The lowest BCUT2D eigenvalue weighted by atomic mass is 9.72. The van der Waals surface area contributed by atoms with Crippen LogP contribution in [0.2, 0.25) is 0 Å². The van der Waals surface area contributed by atoms with Crippen molar-refractivity contribution in [3.8, 4) is 0 Å². The molecule has 1 saturated carbocycles. The van der Waals surface area contributed by atoms with Crippen molar-refractivity contribution in [2.24, 2.45) is 0 Å². The lowest BCUT2D eigenvalue weighted by Crippen LogP contribution is -2.39. The smallest absolute Gasteiger partial charge is 0.317 e. The van der Waals surface area contributed by atoms with Gasteiger partial charge in [0.25, 0.3) is 0 Å². The predicted molar refractivity (Wildman–Crippen MR) is 63.6 cm³/mol. The van der Waals surface area contributed by atoms with Gasteiger partial charge in [0.1, 0.15) is 5.41 Å². The normalized spacial score (nSPS) is 19.4. The average Bonchev–Trinajstić information content (AvgIpc) is 2.76. The van der Waals surface area contributed by atoms with Crippen molar-refractivity contribution in [2.75, 3.05) is 7.11 Å².